The molecule has 37 heavy (non-hydrogen) atoms. The topological polar surface area (TPSA) is 84.9 Å². The van der Waals surface area contributed by atoms with Crippen molar-refractivity contribution in [2.75, 3.05) is 26.7 Å². The van der Waals surface area contributed by atoms with Gasteiger partial charge in [0.1, 0.15) is 22.5 Å². The van der Waals surface area contributed by atoms with Gasteiger partial charge < -0.3 is 23.8 Å². The second-order valence-corrected chi connectivity index (χ2v) is 10.2. The molecular weight excluding hydrogens is 468 g/mol. The molecule has 2 saturated heterocycles. The van der Waals surface area contributed by atoms with Gasteiger partial charge in [-0.15, -0.1) is 0 Å². The lowest BCUT2D eigenvalue weighted by atomic mass is 9.83. The molecule has 2 aromatic carbocycles. The number of ether oxygens (including phenoxy) is 1. The quantitative estimate of drug-likeness (QED) is 0.369. The van der Waals surface area contributed by atoms with Crippen molar-refractivity contribution in [2.24, 2.45) is 5.92 Å². The van der Waals surface area contributed by atoms with Gasteiger partial charge in [-0.2, -0.15) is 0 Å². The van der Waals surface area contributed by atoms with Crippen LogP contribution in [0.25, 0.3) is 33.3 Å². The van der Waals surface area contributed by atoms with Gasteiger partial charge in [0.05, 0.1) is 18.9 Å². The van der Waals surface area contributed by atoms with Crippen LogP contribution in [0.15, 0.2) is 62.2 Å². The van der Waals surface area contributed by atoms with Gasteiger partial charge in [-0.1, -0.05) is 18.6 Å². The highest BCUT2D eigenvalue weighted by molar-refractivity contribution is 6.05. The first kappa shape index (κ1) is 23.8. The molecule has 4 aromatic rings. The Bertz CT molecular complexity index is 1480. The van der Waals surface area contributed by atoms with Crippen molar-refractivity contribution in [3.05, 3.63) is 64.5 Å². The van der Waals surface area contributed by atoms with Crippen LogP contribution in [0.1, 0.15) is 37.7 Å². The number of methoxy groups -OCH3 is 1. The molecule has 7 nitrogen and oxygen atoms in total. The van der Waals surface area contributed by atoms with Crippen molar-refractivity contribution in [1.82, 2.24) is 10.2 Å². The Kier molecular flexibility index (Phi) is 6.47. The van der Waals surface area contributed by atoms with E-state index in [1.807, 2.05) is 42.5 Å². The Morgan fingerprint density at radius 2 is 1.84 bits per heavy atom. The van der Waals surface area contributed by atoms with Crippen molar-refractivity contribution < 1.29 is 18.4 Å². The average Bonchev–Trinajstić information content (AvgIpc) is 3.32. The number of furan rings is 1. The fraction of sp³-hybridized carbons (Fsp3) is 0.400. The van der Waals surface area contributed by atoms with E-state index >= 15 is 0 Å². The van der Waals surface area contributed by atoms with E-state index in [0.717, 1.165) is 12.0 Å². The normalized spacial score (nSPS) is 20.1. The number of piperidine rings is 2. The Balaban J connectivity index is 1.33. The number of amides is 1. The first-order chi connectivity index (χ1) is 18.1. The second kappa shape index (κ2) is 10.1. The highest BCUT2D eigenvalue weighted by Gasteiger charge is 2.33. The van der Waals surface area contributed by atoms with Gasteiger partial charge in [0.15, 0.2) is 5.58 Å². The van der Waals surface area contributed by atoms with Crippen LogP contribution in [-0.2, 0) is 11.2 Å². The predicted octanol–water partition coefficient (Wildman–Crippen LogP) is 5.14. The third kappa shape index (κ3) is 4.53. The third-order valence-corrected chi connectivity index (χ3v) is 8.03. The molecule has 2 aliphatic heterocycles. The molecule has 0 aliphatic carbocycles. The van der Waals surface area contributed by atoms with Crippen LogP contribution < -0.4 is 15.7 Å². The predicted molar refractivity (Wildman–Crippen MR) is 143 cm³/mol. The third-order valence-electron chi connectivity index (χ3n) is 8.03. The van der Waals surface area contributed by atoms with Crippen LogP contribution >= 0.6 is 0 Å². The summed E-state index contributed by atoms with van der Waals surface area (Å²) in [6, 6.07) is 15.3. The number of nitrogens with one attached hydrogen (secondary N) is 1. The highest BCUT2D eigenvalue weighted by Crippen LogP contribution is 2.37. The molecule has 4 heterocycles. The summed E-state index contributed by atoms with van der Waals surface area (Å²) in [5, 5.41) is 4.22. The van der Waals surface area contributed by atoms with Crippen molar-refractivity contribution in [3.8, 4) is 17.1 Å². The number of benzene rings is 2. The largest absolute Gasteiger partial charge is 0.497 e. The van der Waals surface area contributed by atoms with Gasteiger partial charge in [-0.3, -0.25) is 4.79 Å². The summed E-state index contributed by atoms with van der Waals surface area (Å²) in [5.41, 5.74) is 1.74. The zero-order chi connectivity index (χ0) is 25.4. The van der Waals surface area contributed by atoms with Crippen LogP contribution in [-0.4, -0.2) is 43.6 Å². The van der Waals surface area contributed by atoms with E-state index < -0.39 is 5.63 Å². The Labute approximate surface area is 215 Å². The number of para-hydroxylation sites is 1. The number of hydrogen-bond acceptors (Lipinski definition) is 6. The number of carbonyl (C=O) groups excluding carboxylic acids is 1. The number of hydrogen-bond donors (Lipinski definition) is 1. The average molecular weight is 501 g/mol. The van der Waals surface area contributed by atoms with Crippen molar-refractivity contribution >= 4 is 27.8 Å². The molecule has 2 aliphatic rings. The minimum absolute atomic E-state index is 0.0402. The molecule has 2 unspecified atom stereocenters. The molecule has 7 heteroatoms. The molecule has 2 fully saturated rings. The van der Waals surface area contributed by atoms with Crippen molar-refractivity contribution in [3.63, 3.8) is 0 Å². The van der Waals surface area contributed by atoms with Gasteiger partial charge in [-0.05, 0) is 81.1 Å². The molecule has 1 amide bonds. The molecule has 0 radical (unpaired) electrons. The maximum atomic E-state index is 13.3. The van der Waals surface area contributed by atoms with Crippen LogP contribution in [0.4, 0.5) is 0 Å². The zero-order valence-corrected chi connectivity index (χ0v) is 21.1. The number of nitrogens with zero attached hydrogens (tertiary/aromatic N) is 1. The van der Waals surface area contributed by atoms with E-state index in [-0.39, 0.29) is 12.3 Å². The fourth-order valence-corrected chi connectivity index (χ4v) is 6.19. The lowest BCUT2D eigenvalue weighted by molar-refractivity contribution is -0.120. The van der Waals surface area contributed by atoms with Crippen molar-refractivity contribution in [1.29, 1.82) is 0 Å². The number of fused-ring (bicyclic) bond motifs is 4. The maximum Gasteiger partial charge on any atom is 0.347 e. The maximum absolute atomic E-state index is 13.3. The molecular formula is C30H32N2O5. The van der Waals surface area contributed by atoms with E-state index in [4.69, 9.17) is 13.6 Å². The lowest BCUT2D eigenvalue weighted by Crippen LogP contribution is -2.51. The van der Waals surface area contributed by atoms with E-state index in [0.29, 0.717) is 57.5 Å². The van der Waals surface area contributed by atoms with Gasteiger partial charge in [-0.25, -0.2) is 4.79 Å². The summed E-state index contributed by atoms with van der Waals surface area (Å²) in [4.78, 5) is 29.0. The van der Waals surface area contributed by atoms with E-state index in [1.54, 1.807) is 13.2 Å². The van der Waals surface area contributed by atoms with Crippen LogP contribution in [0, 0.1) is 5.92 Å². The summed E-state index contributed by atoms with van der Waals surface area (Å²) >= 11 is 0. The Morgan fingerprint density at radius 3 is 2.68 bits per heavy atom. The minimum Gasteiger partial charge on any atom is -0.497 e. The second-order valence-electron chi connectivity index (χ2n) is 10.2. The van der Waals surface area contributed by atoms with Crippen LogP contribution in [0.5, 0.6) is 5.75 Å². The number of rotatable bonds is 6. The summed E-state index contributed by atoms with van der Waals surface area (Å²) in [7, 11) is 1.61. The standard InChI is InChI=1S/C30H32N2O5/c1-35-21-13-11-19(12-14-21)28-23(27-29(37-28)22-8-2-3-10-25(22)36-30(27)34)17-26(33)31-18-20-7-6-16-32-15-5-4-9-24(20)32/h2-3,8,10-14,20,24H,4-7,9,15-18H2,1H3,(H,31,33). The van der Waals surface area contributed by atoms with Gasteiger partial charge >= 0.3 is 5.63 Å². The van der Waals surface area contributed by atoms with E-state index in [1.165, 1.54) is 38.8 Å². The molecule has 1 N–H and O–H groups in total. The zero-order valence-electron chi connectivity index (χ0n) is 21.1. The Hall–Kier alpha value is -3.58. The molecule has 0 spiro atoms. The van der Waals surface area contributed by atoms with E-state index in [2.05, 4.69) is 10.2 Å². The summed E-state index contributed by atoms with van der Waals surface area (Å²) in [6.45, 7) is 3.00. The molecule has 2 atom stereocenters. The first-order valence-electron chi connectivity index (χ1n) is 13.2. The smallest absolute Gasteiger partial charge is 0.347 e. The molecule has 192 valence electrons. The van der Waals surface area contributed by atoms with Gasteiger partial charge in [0.2, 0.25) is 5.91 Å². The number of carbonyl (C=O) groups is 1. The van der Waals surface area contributed by atoms with Gasteiger partial charge in [0, 0.05) is 23.7 Å². The lowest BCUT2D eigenvalue weighted by Gasteiger charge is -2.44. The molecule has 2 aromatic heterocycles. The molecule has 0 saturated carbocycles. The monoisotopic (exact) mass is 500 g/mol. The highest BCUT2D eigenvalue weighted by atomic mass is 16.5. The van der Waals surface area contributed by atoms with E-state index in [9.17, 15) is 9.59 Å². The fourth-order valence-electron chi connectivity index (χ4n) is 6.19. The van der Waals surface area contributed by atoms with Gasteiger partial charge in [0.25, 0.3) is 0 Å². The summed E-state index contributed by atoms with van der Waals surface area (Å²) < 4.78 is 17.3. The van der Waals surface area contributed by atoms with Crippen molar-refractivity contribution in [2.45, 2.75) is 44.6 Å². The summed E-state index contributed by atoms with van der Waals surface area (Å²) in [6.07, 6.45) is 6.11. The van der Waals surface area contributed by atoms with Crippen LogP contribution in [0.3, 0.4) is 0 Å². The Morgan fingerprint density at radius 1 is 1.03 bits per heavy atom. The first-order valence-corrected chi connectivity index (χ1v) is 13.2. The molecule has 0 bridgehead atoms. The SMILES string of the molecule is COc1ccc(-c2oc3c(c2CC(=O)NCC2CCCN4CCCCC24)c(=O)oc2ccccc23)cc1. The minimum atomic E-state index is -0.495. The van der Waals surface area contributed by atoms with Crippen LogP contribution in [0.2, 0.25) is 0 Å². The molecule has 6 rings (SSSR count). The summed E-state index contributed by atoms with van der Waals surface area (Å²) in [5.74, 6) is 1.58.